The lowest BCUT2D eigenvalue weighted by Gasteiger charge is -2.23. The molecule has 1 atom stereocenters. The molecule has 0 aliphatic carbocycles. The minimum Gasteiger partial charge on any atom is -0.347 e. The van der Waals surface area contributed by atoms with E-state index in [-0.39, 0.29) is 24.4 Å². The SMILES string of the molecule is CC(=O)N1CCCC1c1ccc(Cc2cncc(C(=O)NCC=N)c2)cc1.CN. The van der Waals surface area contributed by atoms with Gasteiger partial charge in [-0.1, -0.05) is 24.3 Å². The van der Waals surface area contributed by atoms with E-state index >= 15 is 0 Å². The normalized spacial score (nSPS) is 15.3. The number of aromatic nitrogens is 1. The molecule has 2 amide bonds. The number of nitrogens with two attached hydrogens (primary N) is 1. The van der Waals surface area contributed by atoms with Gasteiger partial charge in [0.2, 0.25) is 5.91 Å². The number of rotatable bonds is 6. The molecule has 29 heavy (non-hydrogen) atoms. The number of likely N-dealkylation sites (tertiary alicyclic amines) is 1. The first kappa shape index (κ1) is 22.2. The molecule has 0 saturated carbocycles. The molecule has 3 rings (SSSR count). The standard InChI is InChI=1S/C21H24N4O2.CH5N/c1-15(26)25-10-2-3-20(25)18-6-4-16(5-7-18)11-17-12-19(14-23-13-17)21(27)24-9-8-22;1-2/h4-8,12-14,20,22H,2-3,9-11H2,1H3,(H,24,27);2H2,1H3. The quantitative estimate of drug-likeness (QED) is 0.652. The molecule has 2 heterocycles. The second-order valence-corrected chi connectivity index (χ2v) is 6.78. The van der Waals surface area contributed by atoms with Crippen LogP contribution in [0.4, 0.5) is 0 Å². The van der Waals surface area contributed by atoms with Crippen LogP contribution in [-0.2, 0) is 11.2 Å². The first-order valence-corrected chi connectivity index (χ1v) is 9.73. The molecule has 0 radical (unpaired) electrons. The lowest BCUT2D eigenvalue weighted by Crippen LogP contribution is -2.27. The highest BCUT2D eigenvalue weighted by Crippen LogP contribution is 2.32. The summed E-state index contributed by atoms with van der Waals surface area (Å²) in [6.45, 7) is 2.67. The van der Waals surface area contributed by atoms with Crippen LogP contribution in [-0.4, -0.2) is 48.1 Å². The fourth-order valence-corrected chi connectivity index (χ4v) is 3.54. The molecular formula is C22H29N5O2. The maximum Gasteiger partial charge on any atom is 0.253 e. The van der Waals surface area contributed by atoms with Crippen LogP contribution < -0.4 is 11.1 Å². The Bertz CT molecular complexity index is 835. The summed E-state index contributed by atoms with van der Waals surface area (Å²) in [6, 6.07) is 10.3. The maximum atomic E-state index is 12.0. The molecule has 1 aromatic carbocycles. The predicted molar refractivity (Wildman–Crippen MR) is 114 cm³/mol. The van der Waals surface area contributed by atoms with Crippen molar-refractivity contribution in [1.29, 1.82) is 5.41 Å². The average Bonchev–Trinajstić information content (AvgIpc) is 3.24. The van der Waals surface area contributed by atoms with Crippen LogP contribution >= 0.6 is 0 Å². The Morgan fingerprint density at radius 1 is 1.24 bits per heavy atom. The summed E-state index contributed by atoms with van der Waals surface area (Å²) in [4.78, 5) is 29.9. The van der Waals surface area contributed by atoms with E-state index in [1.165, 1.54) is 18.8 Å². The van der Waals surface area contributed by atoms with Crippen molar-refractivity contribution in [2.75, 3.05) is 20.1 Å². The maximum absolute atomic E-state index is 12.0. The van der Waals surface area contributed by atoms with Crippen LogP contribution in [0.3, 0.4) is 0 Å². The Morgan fingerprint density at radius 3 is 2.62 bits per heavy atom. The number of benzene rings is 1. The van der Waals surface area contributed by atoms with Crippen molar-refractivity contribution in [1.82, 2.24) is 15.2 Å². The summed E-state index contributed by atoms with van der Waals surface area (Å²) >= 11 is 0. The lowest BCUT2D eigenvalue weighted by atomic mass is 9.99. The van der Waals surface area contributed by atoms with E-state index in [0.717, 1.165) is 36.7 Å². The van der Waals surface area contributed by atoms with Crippen molar-refractivity contribution in [3.05, 3.63) is 65.0 Å². The Balaban J connectivity index is 0.00000145. The number of amides is 2. The van der Waals surface area contributed by atoms with Crippen LogP contribution in [0.25, 0.3) is 0 Å². The van der Waals surface area contributed by atoms with Gasteiger partial charge in [-0.15, -0.1) is 0 Å². The summed E-state index contributed by atoms with van der Waals surface area (Å²) in [5, 5.41) is 9.62. The number of hydrogen-bond donors (Lipinski definition) is 3. The zero-order chi connectivity index (χ0) is 21.2. The minimum absolute atomic E-state index is 0.130. The Kier molecular flexibility index (Phi) is 8.48. The number of nitrogens with one attached hydrogen (secondary N) is 2. The minimum atomic E-state index is -0.228. The molecule has 1 aliphatic heterocycles. The smallest absolute Gasteiger partial charge is 0.253 e. The predicted octanol–water partition coefficient (Wildman–Crippen LogP) is 2.31. The monoisotopic (exact) mass is 395 g/mol. The Labute approximate surface area is 171 Å². The van der Waals surface area contributed by atoms with E-state index in [0.29, 0.717) is 12.0 Å². The van der Waals surface area contributed by atoms with Gasteiger partial charge in [-0.05, 0) is 49.1 Å². The summed E-state index contributed by atoms with van der Waals surface area (Å²) in [5.74, 6) is -0.0977. The third-order valence-corrected chi connectivity index (χ3v) is 4.85. The fourth-order valence-electron chi connectivity index (χ4n) is 3.54. The molecule has 0 bridgehead atoms. The Morgan fingerprint density at radius 2 is 1.97 bits per heavy atom. The summed E-state index contributed by atoms with van der Waals surface area (Å²) < 4.78 is 0. The van der Waals surface area contributed by atoms with E-state index in [1.807, 2.05) is 11.0 Å². The first-order valence-electron chi connectivity index (χ1n) is 9.73. The van der Waals surface area contributed by atoms with Gasteiger partial charge in [0.25, 0.3) is 5.91 Å². The second-order valence-electron chi connectivity index (χ2n) is 6.78. The van der Waals surface area contributed by atoms with Crippen LogP contribution in [0.5, 0.6) is 0 Å². The fraction of sp³-hybridized carbons (Fsp3) is 0.364. The van der Waals surface area contributed by atoms with Gasteiger partial charge in [-0.25, -0.2) is 0 Å². The molecular weight excluding hydrogens is 366 g/mol. The Hall–Kier alpha value is -3.06. The zero-order valence-electron chi connectivity index (χ0n) is 17.0. The van der Waals surface area contributed by atoms with E-state index in [9.17, 15) is 9.59 Å². The van der Waals surface area contributed by atoms with Gasteiger partial charge in [0, 0.05) is 32.1 Å². The molecule has 2 aromatic rings. The highest BCUT2D eigenvalue weighted by molar-refractivity contribution is 5.95. The molecule has 4 N–H and O–H groups in total. The molecule has 1 fully saturated rings. The zero-order valence-corrected chi connectivity index (χ0v) is 17.0. The number of pyridine rings is 1. The van der Waals surface area contributed by atoms with Crippen molar-refractivity contribution in [3.63, 3.8) is 0 Å². The number of nitrogens with zero attached hydrogens (tertiary/aromatic N) is 2. The summed E-state index contributed by atoms with van der Waals surface area (Å²) in [7, 11) is 1.50. The number of carbonyl (C=O) groups is 2. The van der Waals surface area contributed by atoms with Gasteiger partial charge in [0.1, 0.15) is 0 Å². The van der Waals surface area contributed by atoms with Gasteiger partial charge in [-0.3, -0.25) is 14.6 Å². The molecule has 7 nitrogen and oxygen atoms in total. The van der Waals surface area contributed by atoms with Crippen LogP contribution in [0.2, 0.25) is 0 Å². The summed E-state index contributed by atoms with van der Waals surface area (Å²) in [6.07, 6.45) is 7.17. The number of hydrogen-bond acceptors (Lipinski definition) is 5. The number of carbonyl (C=O) groups excluding carboxylic acids is 2. The molecule has 1 unspecified atom stereocenters. The lowest BCUT2D eigenvalue weighted by molar-refractivity contribution is -0.129. The van der Waals surface area contributed by atoms with Gasteiger partial charge < -0.3 is 21.4 Å². The molecule has 154 valence electrons. The van der Waals surface area contributed by atoms with E-state index in [1.54, 1.807) is 13.1 Å². The third kappa shape index (κ3) is 5.96. The van der Waals surface area contributed by atoms with Crippen LogP contribution in [0.15, 0.2) is 42.7 Å². The van der Waals surface area contributed by atoms with Crippen molar-refractivity contribution in [2.45, 2.75) is 32.2 Å². The van der Waals surface area contributed by atoms with E-state index in [2.05, 4.69) is 40.3 Å². The van der Waals surface area contributed by atoms with Gasteiger partial charge in [-0.2, -0.15) is 0 Å². The van der Waals surface area contributed by atoms with E-state index in [4.69, 9.17) is 5.41 Å². The van der Waals surface area contributed by atoms with Crippen molar-refractivity contribution >= 4 is 18.0 Å². The van der Waals surface area contributed by atoms with Crippen LogP contribution in [0.1, 0.15) is 52.9 Å². The molecule has 1 saturated heterocycles. The van der Waals surface area contributed by atoms with Crippen molar-refractivity contribution < 1.29 is 9.59 Å². The highest BCUT2D eigenvalue weighted by Gasteiger charge is 2.27. The average molecular weight is 396 g/mol. The van der Waals surface area contributed by atoms with Gasteiger partial charge in [0.05, 0.1) is 18.2 Å². The molecule has 1 aromatic heterocycles. The van der Waals surface area contributed by atoms with Crippen molar-refractivity contribution in [3.8, 4) is 0 Å². The highest BCUT2D eigenvalue weighted by atomic mass is 16.2. The molecule has 7 heteroatoms. The largest absolute Gasteiger partial charge is 0.347 e. The first-order chi connectivity index (χ1) is 14.1. The van der Waals surface area contributed by atoms with Gasteiger partial charge in [0.15, 0.2) is 0 Å². The third-order valence-electron chi connectivity index (χ3n) is 4.85. The second kappa shape index (κ2) is 11.1. The molecule has 0 spiro atoms. The topological polar surface area (TPSA) is 112 Å². The van der Waals surface area contributed by atoms with Gasteiger partial charge >= 0.3 is 0 Å². The van der Waals surface area contributed by atoms with E-state index < -0.39 is 0 Å². The van der Waals surface area contributed by atoms with Crippen molar-refractivity contribution in [2.24, 2.45) is 5.73 Å². The summed E-state index contributed by atoms with van der Waals surface area (Å²) in [5.41, 5.74) is 8.25. The van der Waals surface area contributed by atoms with Crippen LogP contribution in [0, 0.1) is 5.41 Å². The molecule has 1 aliphatic rings.